The molecule has 0 spiro atoms. The zero-order chi connectivity index (χ0) is 18.5. The molecule has 0 radical (unpaired) electrons. The van der Waals surface area contributed by atoms with E-state index in [1.54, 1.807) is 12.3 Å². The lowest BCUT2D eigenvalue weighted by Crippen LogP contribution is -2.59. The Morgan fingerprint density at radius 1 is 1.07 bits per heavy atom. The van der Waals surface area contributed by atoms with Crippen LogP contribution in [0.15, 0.2) is 48.7 Å². The van der Waals surface area contributed by atoms with Crippen LogP contribution in [0.5, 0.6) is 0 Å². The molecule has 4 saturated carbocycles. The van der Waals surface area contributed by atoms with Gasteiger partial charge in [0.25, 0.3) is 0 Å². The Morgan fingerprint density at radius 2 is 1.81 bits per heavy atom. The first-order chi connectivity index (χ1) is 13.1. The van der Waals surface area contributed by atoms with Gasteiger partial charge in [-0.15, -0.1) is 0 Å². The maximum Gasteiger partial charge on any atom is 0.226 e. The normalized spacial score (nSPS) is 33.8. The van der Waals surface area contributed by atoms with E-state index in [-0.39, 0.29) is 16.7 Å². The summed E-state index contributed by atoms with van der Waals surface area (Å²) in [6.45, 7) is 0.529. The van der Waals surface area contributed by atoms with Gasteiger partial charge in [-0.3, -0.25) is 4.79 Å². The highest BCUT2D eigenvalue weighted by atomic mass is 16.2. The van der Waals surface area contributed by atoms with E-state index in [4.69, 9.17) is 5.73 Å². The number of carbonyl (C=O) groups is 1. The van der Waals surface area contributed by atoms with Crippen molar-refractivity contribution in [1.82, 2.24) is 10.3 Å². The van der Waals surface area contributed by atoms with Crippen LogP contribution in [-0.4, -0.2) is 10.9 Å². The highest BCUT2D eigenvalue weighted by Gasteiger charge is 2.60. The summed E-state index contributed by atoms with van der Waals surface area (Å²) in [4.78, 5) is 17.5. The van der Waals surface area contributed by atoms with Crippen molar-refractivity contribution >= 4 is 11.7 Å². The largest absolute Gasteiger partial charge is 0.384 e. The van der Waals surface area contributed by atoms with Gasteiger partial charge in [0.2, 0.25) is 5.91 Å². The Kier molecular flexibility index (Phi) is 3.78. The van der Waals surface area contributed by atoms with Crippen LogP contribution in [0.1, 0.15) is 49.7 Å². The molecule has 3 N–H and O–H groups in total. The van der Waals surface area contributed by atoms with Crippen molar-refractivity contribution in [1.29, 1.82) is 0 Å². The van der Waals surface area contributed by atoms with Crippen LogP contribution in [-0.2, 0) is 16.8 Å². The third kappa shape index (κ3) is 2.82. The molecule has 2 atom stereocenters. The summed E-state index contributed by atoms with van der Waals surface area (Å²) in [6.07, 6.45) is 8.69. The lowest BCUT2D eigenvalue weighted by Gasteiger charge is -2.61. The standard InChI is InChI=1S/C23H27N3O/c24-20-7-6-16(13-25-20)14-26-21(27)23-11-17-8-18(12-23)10-22(9-17,15-23)19-4-2-1-3-5-19/h1-7,13,17-18H,8-12,14-15H2,(H2,24,25)(H,26,27). The van der Waals surface area contributed by atoms with Crippen molar-refractivity contribution in [2.75, 3.05) is 5.73 Å². The molecule has 4 heteroatoms. The highest BCUT2D eigenvalue weighted by molar-refractivity contribution is 5.83. The number of hydrogen-bond acceptors (Lipinski definition) is 3. The Balaban J connectivity index is 1.39. The minimum Gasteiger partial charge on any atom is -0.384 e. The molecular weight excluding hydrogens is 334 g/mol. The number of rotatable bonds is 4. The summed E-state index contributed by atoms with van der Waals surface area (Å²) in [5.41, 5.74) is 8.11. The van der Waals surface area contributed by atoms with E-state index in [9.17, 15) is 4.79 Å². The quantitative estimate of drug-likeness (QED) is 0.870. The minimum atomic E-state index is -0.193. The van der Waals surface area contributed by atoms with Crippen LogP contribution >= 0.6 is 0 Å². The maximum absolute atomic E-state index is 13.4. The van der Waals surface area contributed by atoms with Crippen LogP contribution in [0.25, 0.3) is 0 Å². The fraction of sp³-hybridized carbons (Fsp3) is 0.478. The van der Waals surface area contributed by atoms with E-state index in [1.807, 2.05) is 6.07 Å². The van der Waals surface area contributed by atoms with E-state index >= 15 is 0 Å². The van der Waals surface area contributed by atoms with Crippen molar-refractivity contribution < 1.29 is 4.79 Å². The van der Waals surface area contributed by atoms with Crippen LogP contribution in [0.4, 0.5) is 5.82 Å². The number of amides is 1. The molecule has 4 bridgehead atoms. The first-order valence-corrected chi connectivity index (χ1v) is 10.1. The molecule has 1 amide bonds. The minimum absolute atomic E-state index is 0.193. The molecule has 140 valence electrons. The molecule has 2 aromatic rings. The van der Waals surface area contributed by atoms with E-state index in [2.05, 4.69) is 40.6 Å². The summed E-state index contributed by atoms with van der Waals surface area (Å²) in [5, 5.41) is 3.22. The number of benzene rings is 1. The predicted molar refractivity (Wildman–Crippen MR) is 106 cm³/mol. The van der Waals surface area contributed by atoms with Gasteiger partial charge in [-0.25, -0.2) is 4.98 Å². The predicted octanol–water partition coefficient (Wildman–Crippen LogP) is 3.82. The fourth-order valence-corrected chi connectivity index (χ4v) is 6.57. The number of pyridine rings is 1. The highest BCUT2D eigenvalue weighted by Crippen LogP contribution is 2.65. The molecule has 4 fully saturated rings. The number of anilines is 1. The second-order valence-corrected chi connectivity index (χ2v) is 9.16. The first-order valence-electron chi connectivity index (χ1n) is 10.1. The summed E-state index contributed by atoms with van der Waals surface area (Å²) >= 11 is 0. The molecule has 1 aromatic heterocycles. The van der Waals surface area contributed by atoms with Crippen molar-refractivity contribution in [3.8, 4) is 0 Å². The molecule has 1 heterocycles. The molecule has 4 nitrogen and oxygen atoms in total. The number of nitrogens with one attached hydrogen (secondary N) is 1. The first kappa shape index (κ1) is 16.8. The van der Waals surface area contributed by atoms with E-state index in [0.29, 0.717) is 24.2 Å². The Bertz CT molecular complexity index is 832. The lowest BCUT2D eigenvalue weighted by molar-refractivity contribution is -0.149. The zero-order valence-corrected chi connectivity index (χ0v) is 15.7. The summed E-state index contributed by atoms with van der Waals surface area (Å²) in [5.74, 6) is 2.13. The molecule has 4 aliphatic carbocycles. The molecule has 6 rings (SSSR count). The number of hydrogen-bond donors (Lipinski definition) is 2. The molecular formula is C23H27N3O. The number of nitrogen functional groups attached to an aromatic ring is 1. The Morgan fingerprint density at radius 3 is 2.48 bits per heavy atom. The average molecular weight is 361 g/mol. The summed E-state index contributed by atoms with van der Waals surface area (Å²) < 4.78 is 0. The number of nitrogens with two attached hydrogens (primary N) is 1. The van der Waals surface area contributed by atoms with Gasteiger partial charge in [0, 0.05) is 12.7 Å². The monoisotopic (exact) mass is 361 g/mol. The van der Waals surface area contributed by atoms with Gasteiger partial charge >= 0.3 is 0 Å². The van der Waals surface area contributed by atoms with Crippen LogP contribution in [0.2, 0.25) is 0 Å². The van der Waals surface area contributed by atoms with Gasteiger partial charge in [-0.2, -0.15) is 0 Å². The molecule has 2 unspecified atom stereocenters. The van der Waals surface area contributed by atoms with Crippen LogP contribution < -0.4 is 11.1 Å². The molecule has 27 heavy (non-hydrogen) atoms. The second kappa shape index (κ2) is 6.08. The molecule has 4 aliphatic rings. The smallest absolute Gasteiger partial charge is 0.226 e. The van der Waals surface area contributed by atoms with E-state index in [1.165, 1.54) is 24.8 Å². The Hall–Kier alpha value is -2.36. The van der Waals surface area contributed by atoms with Crippen molar-refractivity contribution in [2.24, 2.45) is 17.3 Å². The SMILES string of the molecule is Nc1ccc(CNC(=O)C23CC4CC(C2)CC(c2ccccc2)(C4)C3)cn1. The van der Waals surface area contributed by atoms with Crippen LogP contribution in [0, 0.1) is 17.3 Å². The van der Waals surface area contributed by atoms with Crippen molar-refractivity contribution in [3.05, 3.63) is 59.8 Å². The van der Waals surface area contributed by atoms with Crippen LogP contribution in [0.3, 0.4) is 0 Å². The van der Waals surface area contributed by atoms with Gasteiger partial charge in [0.05, 0.1) is 5.41 Å². The van der Waals surface area contributed by atoms with E-state index in [0.717, 1.165) is 24.8 Å². The summed E-state index contributed by atoms with van der Waals surface area (Å²) in [6, 6.07) is 14.7. The fourth-order valence-electron chi connectivity index (χ4n) is 6.57. The van der Waals surface area contributed by atoms with Gasteiger partial charge in [-0.1, -0.05) is 36.4 Å². The third-order valence-electron chi connectivity index (χ3n) is 7.23. The van der Waals surface area contributed by atoms with Crippen molar-refractivity contribution in [2.45, 2.75) is 50.5 Å². The molecule has 0 aliphatic heterocycles. The molecule has 1 aromatic carbocycles. The maximum atomic E-state index is 13.4. The van der Waals surface area contributed by atoms with Gasteiger partial charge in [0.15, 0.2) is 0 Å². The lowest BCUT2D eigenvalue weighted by atomic mass is 9.42. The number of carbonyl (C=O) groups excluding carboxylic acids is 1. The second-order valence-electron chi connectivity index (χ2n) is 9.16. The zero-order valence-electron chi connectivity index (χ0n) is 15.7. The average Bonchev–Trinajstić information content (AvgIpc) is 2.67. The molecule has 0 saturated heterocycles. The summed E-state index contributed by atoms with van der Waals surface area (Å²) in [7, 11) is 0. The van der Waals surface area contributed by atoms with Gasteiger partial charge < -0.3 is 11.1 Å². The van der Waals surface area contributed by atoms with Gasteiger partial charge in [-0.05, 0) is 73.0 Å². The van der Waals surface area contributed by atoms with Gasteiger partial charge in [0.1, 0.15) is 5.82 Å². The van der Waals surface area contributed by atoms with E-state index < -0.39 is 0 Å². The van der Waals surface area contributed by atoms with Crippen molar-refractivity contribution in [3.63, 3.8) is 0 Å². The topological polar surface area (TPSA) is 68.0 Å². The number of aromatic nitrogens is 1. The third-order valence-corrected chi connectivity index (χ3v) is 7.23. The number of nitrogens with zero attached hydrogens (tertiary/aromatic N) is 1. The Labute approximate surface area is 160 Å².